The van der Waals surface area contributed by atoms with Crippen molar-refractivity contribution in [3.8, 4) is 5.75 Å². The van der Waals surface area contributed by atoms with Crippen molar-refractivity contribution in [3.63, 3.8) is 0 Å². The summed E-state index contributed by atoms with van der Waals surface area (Å²) in [5.74, 6) is 0.804. The number of amides is 1. The van der Waals surface area contributed by atoms with Crippen LogP contribution in [0.15, 0.2) is 42.5 Å². The molecule has 5 nitrogen and oxygen atoms in total. The standard InChI is InChI=1S/C22H29N3O2.2ClH/c1-3-24(4-2)15-16-27-18-12-10-17(11-13-18)22(26)25-14-6-7-19-20(23)8-5-9-21(19)25;;/h5,8-13H,3-4,6-7,14-16,23H2,1-2H3;2*1H. The Morgan fingerprint density at radius 2 is 1.79 bits per heavy atom. The number of fused-ring (bicyclic) bond motifs is 1. The Balaban J connectivity index is 0.00000210. The second-order valence-corrected chi connectivity index (χ2v) is 6.80. The van der Waals surface area contributed by atoms with Gasteiger partial charge in [0.15, 0.2) is 0 Å². The molecular formula is C22H31Cl2N3O2. The predicted octanol–water partition coefficient (Wildman–Crippen LogP) is 4.43. The van der Waals surface area contributed by atoms with E-state index in [0.717, 1.165) is 61.7 Å². The van der Waals surface area contributed by atoms with Crippen LogP contribution in [0.3, 0.4) is 0 Å². The Labute approximate surface area is 186 Å². The third-order valence-corrected chi connectivity index (χ3v) is 5.20. The molecule has 1 aliphatic heterocycles. The third-order valence-electron chi connectivity index (χ3n) is 5.20. The van der Waals surface area contributed by atoms with Gasteiger partial charge in [0.1, 0.15) is 12.4 Å². The van der Waals surface area contributed by atoms with Crippen LogP contribution in [0.25, 0.3) is 0 Å². The van der Waals surface area contributed by atoms with Crippen LogP contribution in [0.2, 0.25) is 0 Å². The van der Waals surface area contributed by atoms with Crippen molar-refractivity contribution < 1.29 is 9.53 Å². The molecule has 1 amide bonds. The van der Waals surface area contributed by atoms with E-state index in [1.807, 2.05) is 47.4 Å². The minimum absolute atomic E-state index is 0. The average Bonchev–Trinajstić information content (AvgIpc) is 2.71. The number of likely N-dealkylation sites (N-methyl/N-ethyl adjacent to an activating group) is 1. The van der Waals surface area contributed by atoms with Gasteiger partial charge in [-0.15, -0.1) is 24.8 Å². The molecule has 1 heterocycles. The molecule has 0 bridgehead atoms. The van der Waals surface area contributed by atoms with Gasteiger partial charge < -0.3 is 20.3 Å². The molecule has 0 atom stereocenters. The van der Waals surface area contributed by atoms with Crippen LogP contribution in [-0.2, 0) is 6.42 Å². The van der Waals surface area contributed by atoms with Gasteiger partial charge in [0.05, 0.1) is 0 Å². The van der Waals surface area contributed by atoms with E-state index in [1.165, 1.54) is 0 Å². The van der Waals surface area contributed by atoms with Crippen molar-refractivity contribution in [3.05, 3.63) is 53.6 Å². The number of anilines is 2. The lowest BCUT2D eigenvalue weighted by atomic mass is 9.99. The summed E-state index contributed by atoms with van der Waals surface area (Å²) < 4.78 is 5.81. The number of carbonyl (C=O) groups is 1. The zero-order valence-electron chi connectivity index (χ0n) is 17.1. The molecule has 3 rings (SSSR count). The van der Waals surface area contributed by atoms with Crippen LogP contribution in [0.5, 0.6) is 5.75 Å². The Morgan fingerprint density at radius 3 is 2.45 bits per heavy atom. The van der Waals surface area contributed by atoms with Crippen molar-refractivity contribution in [1.82, 2.24) is 4.90 Å². The number of nitrogen functional groups attached to an aromatic ring is 1. The molecule has 160 valence electrons. The number of carbonyl (C=O) groups excluding carboxylic acids is 1. The number of halogens is 2. The minimum atomic E-state index is 0. The van der Waals surface area contributed by atoms with Gasteiger partial charge in [-0.05, 0) is 67.9 Å². The molecular weight excluding hydrogens is 409 g/mol. The fourth-order valence-electron chi connectivity index (χ4n) is 3.54. The summed E-state index contributed by atoms with van der Waals surface area (Å²) in [5, 5.41) is 0. The first-order valence-electron chi connectivity index (χ1n) is 9.78. The molecule has 2 aromatic rings. The molecule has 29 heavy (non-hydrogen) atoms. The van der Waals surface area contributed by atoms with Gasteiger partial charge >= 0.3 is 0 Å². The van der Waals surface area contributed by atoms with Crippen LogP contribution < -0.4 is 15.4 Å². The first-order chi connectivity index (χ1) is 13.1. The van der Waals surface area contributed by atoms with E-state index in [1.54, 1.807) is 0 Å². The summed E-state index contributed by atoms with van der Waals surface area (Å²) in [4.78, 5) is 17.2. The second kappa shape index (κ2) is 11.9. The summed E-state index contributed by atoms with van der Waals surface area (Å²) in [6.07, 6.45) is 1.85. The highest BCUT2D eigenvalue weighted by Gasteiger charge is 2.24. The van der Waals surface area contributed by atoms with Crippen LogP contribution in [0.1, 0.15) is 36.2 Å². The number of nitrogens with two attached hydrogens (primary N) is 1. The highest BCUT2D eigenvalue weighted by atomic mass is 35.5. The Morgan fingerprint density at radius 1 is 1.10 bits per heavy atom. The van der Waals surface area contributed by atoms with Gasteiger partial charge in [-0.1, -0.05) is 19.9 Å². The van der Waals surface area contributed by atoms with E-state index in [-0.39, 0.29) is 30.7 Å². The van der Waals surface area contributed by atoms with Crippen LogP contribution in [0.4, 0.5) is 11.4 Å². The highest BCUT2D eigenvalue weighted by molar-refractivity contribution is 6.07. The predicted molar refractivity (Wildman–Crippen MR) is 125 cm³/mol. The van der Waals surface area contributed by atoms with Crippen molar-refractivity contribution in [2.45, 2.75) is 26.7 Å². The van der Waals surface area contributed by atoms with E-state index in [0.29, 0.717) is 12.2 Å². The summed E-state index contributed by atoms with van der Waals surface area (Å²) in [6, 6.07) is 13.2. The Hall–Kier alpha value is -1.95. The largest absolute Gasteiger partial charge is 0.492 e. The number of hydrogen-bond donors (Lipinski definition) is 1. The van der Waals surface area contributed by atoms with Crippen molar-refractivity contribution in [2.24, 2.45) is 0 Å². The van der Waals surface area contributed by atoms with Gasteiger partial charge in [-0.3, -0.25) is 4.79 Å². The van der Waals surface area contributed by atoms with Crippen LogP contribution in [0, 0.1) is 0 Å². The number of nitrogens with zero attached hydrogens (tertiary/aromatic N) is 2. The number of hydrogen-bond acceptors (Lipinski definition) is 4. The van der Waals surface area contributed by atoms with Crippen molar-refractivity contribution in [2.75, 3.05) is 43.4 Å². The monoisotopic (exact) mass is 439 g/mol. The van der Waals surface area contributed by atoms with E-state index in [2.05, 4.69) is 18.7 Å². The normalized spacial score (nSPS) is 12.6. The first-order valence-corrected chi connectivity index (χ1v) is 9.78. The molecule has 1 aliphatic rings. The lowest BCUT2D eigenvalue weighted by Crippen LogP contribution is -2.35. The molecule has 0 radical (unpaired) electrons. The van der Waals surface area contributed by atoms with E-state index < -0.39 is 0 Å². The fraction of sp³-hybridized carbons (Fsp3) is 0.409. The summed E-state index contributed by atoms with van der Waals surface area (Å²) in [7, 11) is 0. The van der Waals surface area contributed by atoms with Gasteiger partial charge in [0, 0.05) is 30.0 Å². The van der Waals surface area contributed by atoms with Crippen molar-refractivity contribution in [1.29, 1.82) is 0 Å². The molecule has 7 heteroatoms. The molecule has 0 saturated heterocycles. The van der Waals surface area contributed by atoms with E-state index >= 15 is 0 Å². The smallest absolute Gasteiger partial charge is 0.258 e. The van der Waals surface area contributed by atoms with Gasteiger partial charge in [-0.2, -0.15) is 0 Å². The molecule has 0 fully saturated rings. The summed E-state index contributed by atoms with van der Waals surface area (Å²) in [6.45, 7) is 8.61. The molecule has 2 aromatic carbocycles. The Kier molecular flexibility index (Phi) is 10.3. The quantitative estimate of drug-likeness (QED) is 0.648. The number of benzene rings is 2. The maximum absolute atomic E-state index is 13.0. The maximum atomic E-state index is 13.0. The molecule has 0 spiro atoms. The SMILES string of the molecule is CCN(CC)CCOc1ccc(C(=O)N2CCCc3c(N)cccc32)cc1.Cl.Cl. The van der Waals surface area contributed by atoms with E-state index in [4.69, 9.17) is 10.5 Å². The maximum Gasteiger partial charge on any atom is 0.258 e. The lowest BCUT2D eigenvalue weighted by molar-refractivity contribution is 0.0985. The first kappa shape index (κ1) is 25.1. The molecule has 0 aliphatic carbocycles. The third kappa shape index (κ3) is 6.01. The minimum Gasteiger partial charge on any atom is -0.492 e. The number of rotatable bonds is 7. The molecule has 0 unspecified atom stereocenters. The van der Waals surface area contributed by atoms with Crippen LogP contribution in [-0.4, -0.2) is 43.6 Å². The average molecular weight is 440 g/mol. The highest BCUT2D eigenvalue weighted by Crippen LogP contribution is 2.32. The Bertz CT molecular complexity index is 780. The molecule has 2 N–H and O–H groups in total. The fourth-order valence-corrected chi connectivity index (χ4v) is 3.54. The van der Waals surface area contributed by atoms with Crippen molar-refractivity contribution >= 4 is 42.1 Å². The van der Waals surface area contributed by atoms with Gasteiger partial charge in [-0.25, -0.2) is 0 Å². The van der Waals surface area contributed by atoms with E-state index in [9.17, 15) is 4.79 Å². The molecule has 0 aromatic heterocycles. The van der Waals surface area contributed by atoms with Gasteiger partial charge in [0.2, 0.25) is 0 Å². The number of ether oxygens (including phenoxy) is 1. The second-order valence-electron chi connectivity index (χ2n) is 6.80. The summed E-state index contributed by atoms with van der Waals surface area (Å²) in [5.41, 5.74) is 9.54. The zero-order valence-corrected chi connectivity index (χ0v) is 18.7. The summed E-state index contributed by atoms with van der Waals surface area (Å²) >= 11 is 0. The van der Waals surface area contributed by atoms with Crippen LogP contribution >= 0.6 is 24.8 Å². The zero-order chi connectivity index (χ0) is 19.2. The lowest BCUT2D eigenvalue weighted by Gasteiger charge is -2.30. The van der Waals surface area contributed by atoms with Gasteiger partial charge in [0.25, 0.3) is 5.91 Å². The topological polar surface area (TPSA) is 58.8 Å². The molecule has 0 saturated carbocycles.